The van der Waals surface area contributed by atoms with Gasteiger partial charge in [0.15, 0.2) is 0 Å². The first-order valence-electron chi connectivity index (χ1n) is 9.53. The molecule has 2 aromatic rings. The van der Waals surface area contributed by atoms with E-state index in [1.165, 1.54) is 18.9 Å². The van der Waals surface area contributed by atoms with E-state index < -0.39 is 10.0 Å². The fourth-order valence-electron chi connectivity index (χ4n) is 3.52. The lowest BCUT2D eigenvalue weighted by molar-refractivity contribution is 0.182. The van der Waals surface area contributed by atoms with Gasteiger partial charge < -0.3 is 4.42 Å². The highest BCUT2D eigenvalue weighted by molar-refractivity contribution is 7.89. The van der Waals surface area contributed by atoms with Gasteiger partial charge in [-0.25, -0.2) is 17.5 Å². The molecule has 5 nitrogen and oxygen atoms in total. The standard InChI is InChI=1S/C20H27FN2O3S/c21-18-9-4-3-8-17(18)11-15-27(24,25)22-16-19(20-10-7-14-26-20)23-12-5-1-2-6-13-23/h3-4,7-10,14,19,22H,1-2,5-6,11-13,15-16H2. The van der Waals surface area contributed by atoms with Crippen LogP contribution in [-0.4, -0.2) is 38.7 Å². The Labute approximate surface area is 160 Å². The average molecular weight is 395 g/mol. The number of hydrogen-bond donors (Lipinski definition) is 1. The third-order valence-electron chi connectivity index (χ3n) is 5.05. The number of hydrogen-bond acceptors (Lipinski definition) is 4. The highest BCUT2D eigenvalue weighted by Crippen LogP contribution is 2.24. The van der Waals surface area contributed by atoms with Crippen molar-refractivity contribution in [1.29, 1.82) is 0 Å². The van der Waals surface area contributed by atoms with Crippen molar-refractivity contribution in [2.75, 3.05) is 25.4 Å². The molecule has 2 heterocycles. The second-order valence-electron chi connectivity index (χ2n) is 6.99. The third-order valence-corrected chi connectivity index (χ3v) is 6.40. The molecule has 1 fully saturated rings. The van der Waals surface area contributed by atoms with E-state index in [9.17, 15) is 12.8 Å². The summed E-state index contributed by atoms with van der Waals surface area (Å²) in [6.07, 6.45) is 6.39. The molecule has 0 bridgehead atoms. The summed E-state index contributed by atoms with van der Waals surface area (Å²) in [4.78, 5) is 2.30. The predicted molar refractivity (Wildman–Crippen MR) is 103 cm³/mol. The van der Waals surface area contributed by atoms with Gasteiger partial charge in [0.05, 0.1) is 18.1 Å². The molecule has 1 aliphatic heterocycles. The van der Waals surface area contributed by atoms with Gasteiger partial charge in [-0.3, -0.25) is 4.90 Å². The van der Waals surface area contributed by atoms with Gasteiger partial charge in [-0.1, -0.05) is 31.0 Å². The molecule has 27 heavy (non-hydrogen) atoms. The van der Waals surface area contributed by atoms with Crippen molar-refractivity contribution in [3.05, 3.63) is 59.8 Å². The summed E-state index contributed by atoms with van der Waals surface area (Å²) in [6.45, 7) is 2.12. The molecule has 0 spiro atoms. The minimum absolute atomic E-state index is 0.124. The lowest BCUT2D eigenvalue weighted by Gasteiger charge is -2.29. The van der Waals surface area contributed by atoms with Crippen LogP contribution in [0, 0.1) is 5.82 Å². The molecule has 7 heteroatoms. The molecule has 1 aromatic carbocycles. The molecule has 148 valence electrons. The van der Waals surface area contributed by atoms with Crippen LogP contribution >= 0.6 is 0 Å². The summed E-state index contributed by atoms with van der Waals surface area (Å²) in [5.74, 6) is 0.262. The SMILES string of the molecule is O=S(=O)(CCc1ccccc1F)NCC(c1ccco1)N1CCCCCC1. The molecule has 1 saturated heterocycles. The van der Waals surface area contributed by atoms with Crippen LogP contribution in [0.5, 0.6) is 0 Å². The van der Waals surface area contributed by atoms with Crippen LogP contribution in [-0.2, 0) is 16.4 Å². The summed E-state index contributed by atoms with van der Waals surface area (Å²) in [5.41, 5.74) is 0.415. The topological polar surface area (TPSA) is 62.6 Å². The minimum atomic E-state index is -3.52. The van der Waals surface area contributed by atoms with Gasteiger partial charge >= 0.3 is 0 Å². The van der Waals surface area contributed by atoms with Crippen LogP contribution < -0.4 is 4.72 Å². The van der Waals surface area contributed by atoms with E-state index in [2.05, 4.69) is 9.62 Å². The van der Waals surface area contributed by atoms with Crippen molar-refractivity contribution >= 4 is 10.0 Å². The van der Waals surface area contributed by atoms with Gasteiger partial charge in [-0.15, -0.1) is 0 Å². The molecule has 1 unspecified atom stereocenters. The molecule has 0 radical (unpaired) electrons. The van der Waals surface area contributed by atoms with E-state index >= 15 is 0 Å². The molecule has 0 amide bonds. The van der Waals surface area contributed by atoms with Gasteiger partial charge in [0.2, 0.25) is 10.0 Å². The summed E-state index contributed by atoms with van der Waals surface area (Å²) in [5, 5.41) is 0. The van der Waals surface area contributed by atoms with Gasteiger partial charge in [-0.05, 0) is 56.1 Å². The van der Waals surface area contributed by atoms with Crippen LogP contribution in [0.15, 0.2) is 47.1 Å². The number of halogens is 1. The number of rotatable bonds is 8. The maximum atomic E-state index is 13.7. The van der Waals surface area contributed by atoms with Crippen molar-refractivity contribution in [3.8, 4) is 0 Å². The van der Waals surface area contributed by atoms with E-state index in [-0.39, 0.29) is 30.6 Å². The zero-order valence-corrected chi connectivity index (χ0v) is 16.3. The number of nitrogens with zero attached hydrogens (tertiary/aromatic N) is 1. The van der Waals surface area contributed by atoms with E-state index in [4.69, 9.17) is 4.42 Å². The average Bonchev–Trinajstić information content (AvgIpc) is 3.04. The largest absolute Gasteiger partial charge is 0.468 e. The van der Waals surface area contributed by atoms with Crippen molar-refractivity contribution in [3.63, 3.8) is 0 Å². The number of aryl methyl sites for hydroxylation is 1. The smallest absolute Gasteiger partial charge is 0.211 e. The Morgan fingerprint density at radius 3 is 2.48 bits per heavy atom. The molecule has 0 aliphatic carbocycles. The molecular weight excluding hydrogens is 367 g/mol. The van der Waals surface area contributed by atoms with Crippen molar-refractivity contribution in [2.24, 2.45) is 0 Å². The number of likely N-dealkylation sites (tertiary alicyclic amines) is 1. The molecule has 0 saturated carbocycles. The van der Waals surface area contributed by atoms with Crippen LogP contribution in [0.25, 0.3) is 0 Å². The number of furan rings is 1. The Morgan fingerprint density at radius 2 is 1.81 bits per heavy atom. The predicted octanol–water partition coefficient (Wildman–Crippen LogP) is 3.50. The first kappa shape index (κ1) is 20.0. The van der Waals surface area contributed by atoms with E-state index in [0.717, 1.165) is 31.7 Å². The fourth-order valence-corrected chi connectivity index (χ4v) is 4.57. The molecule has 1 atom stereocenters. The fraction of sp³-hybridized carbons (Fsp3) is 0.500. The summed E-state index contributed by atoms with van der Waals surface area (Å²) in [6, 6.07) is 9.87. The monoisotopic (exact) mass is 394 g/mol. The Bertz CT molecular complexity index is 800. The van der Waals surface area contributed by atoms with Gasteiger partial charge in [0.1, 0.15) is 11.6 Å². The van der Waals surface area contributed by atoms with Crippen molar-refractivity contribution < 1.29 is 17.2 Å². The zero-order valence-electron chi connectivity index (χ0n) is 15.4. The van der Waals surface area contributed by atoms with Crippen LogP contribution in [0.1, 0.15) is 43.0 Å². The van der Waals surface area contributed by atoms with Gasteiger partial charge in [0.25, 0.3) is 0 Å². The van der Waals surface area contributed by atoms with E-state index in [1.54, 1.807) is 24.5 Å². The maximum absolute atomic E-state index is 13.7. The Morgan fingerprint density at radius 1 is 1.07 bits per heavy atom. The lowest BCUT2D eigenvalue weighted by atomic mass is 10.2. The number of benzene rings is 1. The molecule has 1 aromatic heterocycles. The maximum Gasteiger partial charge on any atom is 0.211 e. The lowest BCUT2D eigenvalue weighted by Crippen LogP contribution is -2.39. The minimum Gasteiger partial charge on any atom is -0.468 e. The number of sulfonamides is 1. The number of nitrogens with one attached hydrogen (secondary N) is 1. The quantitative estimate of drug-likeness (QED) is 0.744. The highest BCUT2D eigenvalue weighted by Gasteiger charge is 2.25. The van der Waals surface area contributed by atoms with Crippen molar-refractivity contribution in [1.82, 2.24) is 9.62 Å². The van der Waals surface area contributed by atoms with Crippen LogP contribution in [0.3, 0.4) is 0 Å². The Balaban J connectivity index is 1.62. The first-order chi connectivity index (χ1) is 13.1. The second-order valence-corrected chi connectivity index (χ2v) is 8.92. The second kappa shape index (κ2) is 9.48. The third kappa shape index (κ3) is 5.89. The van der Waals surface area contributed by atoms with E-state index in [1.807, 2.05) is 12.1 Å². The summed E-state index contributed by atoms with van der Waals surface area (Å²) >= 11 is 0. The normalized spacial score (nSPS) is 17.5. The summed E-state index contributed by atoms with van der Waals surface area (Å²) in [7, 11) is -3.52. The highest BCUT2D eigenvalue weighted by atomic mass is 32.2. The van der Waals surface area contributed by atoms with Crippen LogP contribution in [0.4, 0.5) is 4.39 Å². The van der Waals surface area contributed by atoms with E-state index in [0.29, 0.717) is 5.56 Å². The van der Waals surface area contributed by atoms with Crippen LogP contribution in [0.2, 0.25) is 0 Å². The Kier molecular flexibility index (Phi) is 7.04. The molecular formula is C20H27FN2O3S. The first-order valence-corrected chi connectivity index (χ1v) is 11.2. The Hall–Kier alpha value is -1.70. The molecule has 1 aliphatic rings. The zero-order chi connectivity index (χ0) is 19.1. The summed E-state index contributed by atoms with van der Waals surface area (Å²) < 4.78 is 46.9. The van der Waals surface area contributed by atoms with Gasteiger partial charge in [-0.2, -0.15) is 0 Å². The molecule has 3 rings (SSSR count). The van der Waals surface area contributed by atoms with Crippen molar-refractivity contribution in [2.45, 2.75) is 38.1 Å². The molecule has 1 N–H and O–H groups in total. The van der Waals surface area contributed by atoms with Gasteiger partial charge in [0, 0.05) is 6.54 Å².